The van der Waals surface area contributed by atoms with Gasteiger partial charge in [-0.3, -0.25) is 0 Å². The Bertz CT molecular complexity index is 610. The first kappa shape index (κ1) is 11.6. The van der Waals surface area contributed by atoms with E-state index < -0.39 is 28.9 Å². The van der Waals surface area contributed by atoms with Crippen LogP contribution in [0.1, 0.15) is 0 Å². The Morgan fingerprint density at radius 1 is 1.24 bits per heavy atom. The van der Waals surface area contributed by atoms with Crippen molar-refractivity contribution in [3.63, 3.8) is 0 Å². The Kier molecular flexibility index (Phi) is 3.33. The number of rotatable bonds is 1. The standard InChI is InChI=1S/C7N10/c8-1-3-5(10)4(2-9)7(15-17-12)13-6(3)14-16-11. The third-order valence-corrected chi connectivity index (χ3v) is 1.64. The molecule has 0 unspecified atom stereocenters. The summed E-state index contributed by atoms with van der Waals surface area (Å²) in [4.78, 5) is 8.30. The van der Waals surface area contributed by atoms with E-state index in [0.29, 0.717) is 0 Å². The molecule has 0 aromatic heterocycles. The van der Waals surface area contributed by atoms with Crippen molar-refractivity contribution in [1.29, 1.82) is 10.5 Å². The minimum atomic E-state index is -0.741. The molecule has 0 spiro atoms. The van der Waals surface area contributed by atoms with Gasteiger partial charge >= 0.3 is 0 Å². The maximum atomic E-state index is 9.55. The van der Waals surface area contributed by atoms with E-state index in [1.54, 1.807) is 0 Å². The largest absolute Gasteiger partial charge is 0.763 e. The first-order valence-corrected chi connectivity index (χ1v) is 3.87. The lowest BCUT2D eigenvalue weighted by molar-refractivity contribution is 1.16. The molecule has 0 saturated carbocycles. The van der Waals surface area contributed by atoms with Gasteiger partial charge in [0.05, 0.1) is 5.71 Å². The predicted molar refractivity (Wildman–Crippen MR) is 55.6 cm³/mol. The highest BCUT2D eigenvalue weighted by molar-refractivity contribution is 6.33. The average molecular weight is 224 g/mol. The fourth-order valence-corrected chi connectivity index (χ4v) is 0.984. The van der Waals surface area contributed by atoms with E-state index in [-0.39, 0.29) is 0 Å². The molecule has 1 aliphatic rings. The third kappa shape index (κ3) is 1.98. The van der Waals surface area contributed by atoms with Gasteiger partial charge in [0.1, 0.15) is 0 Å². The van der Waals surface area contributed by atoms with Gasteiger partial charge in [-0.25, -0.2) is 0 Å². The molecule has 0 aromatic carbocycles. The van der Waals surface area contributed by atoms with E-state index in [9.17, 15) is 5.41 Å². The predicted octanol–water partition coefficient (Wildman–Crippen LogP) is 1.86. The summed E-state index contributed by atoms with van der Waals surface area (Å²) in [6, 6.07) is 3.06. The summed E-state index contributed by atoms with van der Waals surface area (Å²) in [5.74, 6) is -1.39. The summed E-state index contributed by atoms with van der Waals surface area (Å²) in [5.41, 5.74) is 15.3. The van der Waals surface area contributed by atoms with Crippen molar-refractivity contribution in [2.75, 3.05) is 0 Å². The summed E-state index contributed by atoms with van der Waals surface area (Å²) >= 11 is 0. The molecule has 10 heteroatoms. The van der Waals surface area contributed by atoms with E-state index in [2.05, 4.69) is 25.0 Å². The molecule has 0 atom stereocenters. The van der Waals surface area contributed by atoms with Crippen LogP contribution in [0.15, 0.2) is 26.6 Å². The minimum absolute atomic E-state index is 0.462. The van der Waals surface area contributed by atoms with Crippen molar-refractivity contribution in [2.45, 2.75) is 0 Å². The van der Waals surface area contributed by atoms with Gasteiger partial charge in [0, 0.05) is 9.82 Å². The van der Waals surface area contributed by atoms with Gasteiger partial charge in [-0.15, -0.1) is 0 Å². The van der Waals surface area contributed by atoms with Crippen molar-refractivity contribution >= 4 is 11.5 Å². The lowest BCUT2D eigenvalue weighted by Gasteiger charge is -2.11. The Labute approximate surface area is 93.9 Å². The van der Waals surface area contributed by atoms with Gasteiger partial charge in [0.25, 0.3) is 0 Å². The van der Waals surface area contributed by atoms with Gasteiger partial charge < -0.3 is 5.41 Å². The van der Waals surface area contributed by atoms with Crippen LogP contribution in [0.4, 0.5) is 0 Å². The molecule has 17 heavy (non-hydrogen) atoms. The number of azide groups is 2. The summed E-state index contributed by atoms with van der Waals surface area (Å²) in [6.07, 6.45) is 0. The van der Waals surface area contributed by atoms with Crippen LogP contribution >= 0.6 is 0 Å². The number of allylic oxidation sites excluding steroid dienone is 1. The summed E-state index contributed by atoms with van der Waals surface area (Å²) in [7, 11) is 0. The summed E-state index contributed by atoms with van der Waals surface area (Å²) in [5, 5.41) is 33.1. The molecule has 0 aliphatic carbocycles. The topological polar surface area (TPSA) is 180 Å². The van der Waals surface area contributed by atoms with E-state index in [1.165, 1.54) is 12.1 Å². The highest BCUT2D eigenvalue weighted by Crippen LogP contribution is 2.24. The second kappa shape index (κ2) is 4.87. The Hall–Kier alpha value is -3.45. The van der Waals surface area contributed by atoms with Gasteiger partial charge in [-0.05, 0) is 21.3 Å². The number of amidine groups is 1. The lowest BCUT2D eigenvalue weighted by Crippen LogP contribution is -2.23. The first-order valence-electron chi connectivity index (χ1n) is 3.87. The number of nitriles is 2. The van der Waals surface area contributed by atoms with Crippen molar-refractivity contribution in [2.24, 2.45) is 15.2 Å². The highest BCUT2D eigenvalue weighted by atomic mass is 15.2. The maximum Gasteiger partial charge on any atom is 0.229 e. The van der Waals surface area contributed by atoms with Gasteiger partial charge in [-0.2, -0.15) is 15.5 Å². The first-order chi connectivity index (χ1) is 8.19. The van der Waals surface area contributed by atoms with Crippen LogP contribution < -0.4 is 0 Å². The molecule has 0 bridgehead atoms. The van der Waals surface area contributed by atoms with E-state index in [1.807, 2.05) is 0 Å². The smallest absolute Gasteiger partial charge is 0.229 e. The van der Waals surface area contributed by atoms with Crippen molar-refractivity contribution in [1.82, 2.24) is 0 Å². The second-order valence-corrected chi connectivity index (χ2v) is 2.46. The zero-order valence-corrected chi connectivity index (χ0v) is 7.97. The van der Waals surface area contributed by atoms with Gasteiger partial charge in [0.15, 0.2) is 11.5 Å². The molecule has 0 N–H and O–H groups in total. The van der Waals surface area contributed by atoms with E-state index >= 15 is 0 Å². The molecule has 78 valence electrons. The van der Waals surface area contributed by atoms with Crippen molar-refractivity contribution in [3.8, 4) is 12.1 Å². The normalized spacial score (nSPS) is 13.9. The van der Waals surface area contributed by atoms with E-state index in [0.717, 1.165) is 0 Å². The molecule has 10 nitrogen and oxygen atoms in total. The number of hydrogen-bond acceptors (Lipinski definition) is 5. The van der Waals surface area contributed by atoms with Crippen LogP contribution in [0.25, 0.3) is 26.3 Å². The summed E-state index contributed by atoms with van der Waals surface area (Å²) in [6.45, 7) is 0. The average Bonchev–Trinajstić information content (AvgIpc) is 2.30. The molecule has 1 aliphatic heterocycles. The van der Waals surface area contributed by atoms with Crippen LogP contribution in [0.3, 0.4) is 0 Å². The quantitative estimate of drug-likeness (QED) is 0.285. The molecular formula is C7N10. The van der Waals surface area contributed by atoms with E-state index in [4.69, 9.17) is 21.6 Å². The Balaban J connectivity index is 3.53. The fourth-order valence-electron chi connectivity index (χ4n) is 0.984. The zero-order chi connectivity index (χ0) is 12.8. The molecule has 0 amide bonds. The number of nitrogens with zero attached hydrogens (tertiary/aromatic N) is 10. The van der Waals surface area contributed by atoms with Crippen LogP contribution in [-0.4, -0.2) is 11.5 Å². The second-order valence-electron chi connectivity index (χ2n) is 2.46. The zero-order valence-electron chi connectivity index (χ0n) is 7.97. The lowest BCUT2D eigenvalue weighted by atomic mass is 9.95. The van der Waals surface area contributed by atoms with Crippen molar-refractivity contribution in [3.05, 3.63) is 43.6 Å². The van der Waals surface area contributed by atoms with Gasteiger partial charge in [-0.1, -0.05) is 0 Å². The third-order valence-electron chi connectivity index (χ3n) is 1.64. The minimum Gasteiger partial charge on any atom is -0.763 e. The molecule has 0 fully saturated rings. The SMILES string of the molecule is N#CC1=C(N=[N+]=[N-])N=C(N=[N+]=[N-])[C+](C#N)C1=[N-]. The molecule has 0 radical (unpaired) electrons. The van der Waals surface area contributed by atoms with Crippen molar-refractivity contribution < 1.29 is 0 Å². The number of hydrogen-bond donors (Lipinski definition) is 0. The molecule has 1 rings (SSSR count). The molecule has 0 aromatic rings. The van der Waals surface area contributed by atoms with Gasteiger partial charge in [0.2, 0.25) is 23.8 Å². The maximum absolute atomic E-state index is 9.55. The molecule has 0 saturated heterocycles. The highest BCUT2D eigenvalue weighted by Gasteiger charge is 2.35. The summed E-state index contributed by atoms with van der Waals surface area (Å²) < 4.78 is 0. The number of aliphatic imine (C=N–C) groups is 1. The van der Waals surface area contributed by atoms with Crippen LogP contribution in [0, 0.1) is 28.6 Å². The van der Waals surface area contributed by atoms with Crippen LogP contribution in [0.5, 0.6) is 0 Å². The fraction of sp³-hybridized carbons (Fsp3) is 0. The van der Waals surface area contributed by atoms with Crippen LogP contribution in [-0.2, 0) is 0 Å². The molecular weight excluding hydrogens is 224 g/mol. The van der Waals surface area contributed by atoms with Crippen LogP contribution in [0.2, 0.25) is 0 Å². The Morgan fingerprint density at radius 2 is 1.88 bits per heavy atom. The monoisotopic (exact) mass is 224 g/mol. The molecule has 1 heterocycles. The Morgan fingerprint density at radius 3 is 2.35 bits per heavy atom.